The standard InChI is InChI=1S/C22H20F3NO/c1-12(27-2)7-13-8-15(9-13)20-18-10-17(24)11-19(25)22(18)26-21(20)14-3-5-16(23)6-4-14/h3-6,10-11,13,15,26H,1,7-9H2,2H3. The number of allylic oxidation sites excluding steroid dienone is 1. The summed E-state index contributed by atoms with van der Waals surface area (Å²) >= 11 is 0. The minimum Gasteiger partial charge on any atom is -0.502 e. The van der Waals surface area contributed by atoms with Crippen LogP contribution in [0.5, 0.6) is 0 Å². The average Bonchev–Trinajstić information content (AvgIpc) is 2.97. The van der Waals surface area contributed by atoms with Gasteiger partial charge >= 0.3 is 0 Å². The van der Waals surface area contributed by atoms with Gasteiger partial charge in [0.05, 0.1) is 24.1 Å². The Labute approximate surface area is 155 Å². The molecule has 0 bridgehead atoms. The molecule has 0 unspecified atom stereocenters. The SMILES string of the molecule is C=C(CC1CC(c2c(-c3ccc(F)cc3)[nH]c3c(F)cc(F)cc23)C1)OC. The lowest BCUT2D eigenvalue weighted by atomic mass is 9.69. The molecule has 4 rings (SSSR count). The Morgan fingerprint density at radius 3 is 2.48 bits per heavy atom. The summed E-state index contributed by atoms with van der Waals surface area (Å²) in [6, 6.07) is 8.30. The third-order valence-electron chi connectivity index (χ3n) is 5.45. The molecule has 140 valence electrons. The summed E-state index contributed by atoms with van der Waals surface area (Å²) in [7, 11) is 1.61. The number of nitrogens with one attached hydrogen (secondary N) is 1. The van der Waals surface area contributed by atoms with Crippen LogP contribution < -0.4 is 0 Å². The Hall–Kier alpha value is -2.69. The van der Waals surface area contributed by atoms with Gasteiger partial charge in [-0.1, -0.05) is 6.58 Å². The molecule has 0 spiro atoms. The number of methoxy groups -OCH3 is 1. The van der Waals surface area contributed by atoms with E-state index in [2.05, 4.69) is 11.6 Å². The second-order valence-corrected chi connectivity index (χ2v) is 7.21. The van der Waals surface area contributed by atoms with Crippen LogP contribution in [0.25, 0.3) is 22.2 Å². The van der Waals surface area contributed by atoms with Crippen LogP contribution in [0.2, 0.25) is 0 Å². The topological polar surface area (TPSA) is 25.0 Å². The highest BCUT2D eigenvalue weighted by atomic mass is 19.1. The summed E-state index contributed by atoms with van der Waals surface area (Å²) in [4.78, 5) is 3.10. The molecular weight excluding hydrogens is 351 g/mol. The number of ether oxygens (including phenoxy) is 1. The number of aromatic nitrogens is 1. The molecule has 0 saturated heterocycles. The maximum absolute atomic E-state index is 14.3. The van der Waals surface area contributed by atoms with Crippen LogP contribution in [0.4, 0.5) is 13.2 Å². The molecule has 0 radical (unpaired) electrons. The van der Waals surface area contributed by atoms with Crippen molar-refractivity contribution >= 4 is 10.9 Å². The first-order valence-electron chi connectivity index (χ1n) is 8.94. The molecule has 1 fully saturated rings. The highest BCUT2D eigenvalue weighted by molar-refractivity contribution is 5.92. The molecule has 0 aliphatic heterocycles. The summed E-state index contributed by atoms with van der Waals surface area (Å²) in [5.74, 6) is -0.206. The van der Waals surface area contributed by atoms with Gasteiger partial charge in [0.15, 0.2) is 0 Å². The van der Waals surface area contributed by atoms with E-state index in [1.165, 1.54) is 18.2 Å². The fourth-order valence-electron chi connectivity index (χ4n) is 4.05. The first kappa shape index (κ1) is 17.7. The Morgan fingerprint density at radius 2 is 1.81 bits per heavy atom. The Bertz CT molecular complexity index is 1000. The zero-order valence-electron chi connectivity index (χ0n) is 15.0. The molecule has 5 heteroatoms. The zero-order valence-corrected chi connectivity index (χ0v) is 15.0. The number of aromatic amines is 1. The van der Waals surface area contributed by atoms with Crippen LogP contribution in [-0.4, -0.2) is 12.1 Å². The van der Waals surface area contributed by atoms with Crippen LogP contribution in [0.3, 0.4) is 0 Å². The highest BCUT2D eigenvalue weighted by Crippen LogP contribution is 2.49. The van der Waals surface area contributed by atoms with Crippen LogP contribution in [-0.2, 0) is 4.74 Å². The van der Waals surface area contributed by atoms with E-state index in [1.807, 2.05) is 0 Å². The molecule has 1 N–H and O–H groups in total. The predicted molar refractivity (Wildman–Crippen MR) is 99.8 cm³/mol. The van der Waals surface area contributed by atoms with Gasteiger partial charge in [0.1, 0.15) is 17.5 Å². The summed E-state index contributed by atoms with van der Waals surface area (Å²) in [5, 5.41) is 0.556. The molecule has 0 atom stereocenters. The third-order valence-corrected chi connectivity index (χ3v) is 5.45. The second kappa shape index (κ2) is 6.80. The van der Waals surface area contributed by atoms with Crippen LogP contribution in [0.1, 0.15) is 30.7 Å². The third kappa shape index (κ3) is 3.22. The van der Waals surface area contributed by atoms with Gasteiger partial charge in [-0.25, -0.2) is 13.2 Å². The maximum atomic E-state index is 14.3. The molecule has 3 aromatic rings. The quantitative estimate of drug-likeness (QED) is 0.523. The largest absolute Gasteiger partial charge is 0.502 e. The van der Waals surface area contributed by atoms with Crippen molar-refractivity contribution in [2.75, 3.05) is 7.11 Å². The minimum absolute atomic E-state index is 0.176. The van der Waals surface area contributed by atoms with Gasteiger partial charge < -0.3 is 9.72 Å². The Balaban J connectivity index is 1.77. The van der Waals surface area contributed by atoms with Crippen molar-refractivity contribution in [3.8, 4) is 11.3 Å². The van der Waals surface area contributed by atoms with Crippen molar-refractivity contribution in [1.29, 1.82) is 0 Å². The lowest BCUT2D eigenvalue weighted by Gasteiger charge is -2.36. The van der Waals surface area contributed by atoms with Crippen molar-refractivity contribution in [3.63, 3.8) is 0 Å². The van der Waals surface area contributed by atoms with E-state index in [0.717, 1.165) is 47.9 Å². The summed E-state index contributed by atoms with van der Waals surface area (Å²) < 4.78 is 46.7. The van der Waals surface area contributed by atoms with Crippen LogP contribution in [0, 0.1) is 23.4 Å². The van der Waals surface area contributed by atoms with Gasteiger partial charge in [0.25, 0.3) is 0 Å². The van der Waals surface area contributed by atoms with E-state index in [1.54, 1.807) is 19.2 Å². The maximum Gasteiger partial charge on any atom is 0.150 e. The normalized spacial score (nSPS) is 19.1. The van der Waals surface area contributed by atoms with Crippen LogP contribution >= 0.6 is 0 Å². The molecule has 27 heavy (non-hydrogen) atoms. The summed E-state index contributed by atoms with van der Waals surface area (Å²) in [6.45, 7) is 3.87. The monoisotopic (exact) mass is 371 g/mol. The first-order chi connectivity index (χ1) is 13.0. The molecule has 1 aliphatic rings. The van der Waals surface area contributed by atoms with Crippen molar-refractivity contribution in [2.45, 2.75) is 25.2 Å². The molecule has 1 saturated carbocycles. The predicted octanol–water partition coefficient (Wildman–Crippen LogP) is 6.30. The fraction of sp³-hybridized carbons (Fsp3) is 0.273. The Morgan fingerprint density at radius 1 is 1.11 bits per heavy atom. The number of halogens is 3. The fourth-order valence-corrected chi connectivity index (χ4v) is 4.05. The van der Waals surface area contributed by atoms with Gasteiger partial charge in [-0.2, -0.15) is 0 Å². The highest BCUT2D eigenvalue weighted by Gasteiger charge is 2.35. The van der Waals surface area contributed by atoms with Crippen molar-refractivity contribution < 1.29 is 17.9 Å². The number of hydrogen-bond acceptors (Lipinski definition) is 1. The number of hydrogen-bond donors (Lipinski definition) is 1. The van der Waals surface area contributed by atoms with Gasteiger partial charge in [-0.3, -0.25) is 0 Å². The van der Waals surface area contributed by atoms with Crippen molar-refractivity contribution in [3.05, 3.63) is 71.8 Å². The van der Waals surface area contributed by atoms with Crippen molar-refractivity contribution in [2.24, 2.45) is 5.92 Å². The first-order valence-corrected chi connectivity index (χ1v) is 8.94. The number of rotatable bonds is 5. The number of fused-ring (bicyclic) bond motifs is 1. The smallest absolute Gasteiger partial charge is 0.150 e. The minimum atomic E-state index is -0.622. The Kier molecular flexibility index (Phi) is 4.46. The van der Waals surface area contributed by atoms with Crippen LogP contribution in [0.15, 0.2) is 48.7 Å². The molecule has 2 nitrogen and oxygen atoms in total. The second-order valence-electron chi connectivity index (χ2n) is 7.21. The van der Waals surface area contributed by atoms with E-state index in [0.29, 0.717) is 11.3 Å². The number of benzene rings is 2. The van der Waals surface area contributed by atoms with E-state index < -0.39 is 11.6 Å². The lowest BCUT2D eigenvalue weighted by molar-refractivity contribution is 0.204. The summed E-state index contributed by atoms with van der Waals surface area (Å²) in [6.07, 6.45) is 2.56. The van der Waals surface area contributed by atoms with E-state index in [-0.39, 0.29) is 17.3 Å². The van der Waals surface area contributed by atoms with Crippen molar-refractivity contribution in [1.82, 2.24) is 4.98 Å². The summed E-state index contributed by atoms with van der Waals surface area (Å²) in [5.41, 5.74) is 2.67. The molecular formula is C22H20F3NO. The van der Waals surface area contributed by atoms with Gasteiger partial charge in [0.2, 0.25) is 0 Å². The van der Waals surface area contributed by atoms with E-state index in [9.17, 15) is 13.2 Å². The van der Waals surface area contributed by atoms with Gasteiger partial charge in [-0.15, -0.1) is 0 Å². The molecule has 0 amide bonds. The molecule has 1 aromatic heterocycles. The van der Waals surface area contributed by atoms with Gasteiger partial charge in [0, 0.05) is 17.9 Å². The number of H-pyrrole nitrogens is 1. The average molecular weight is 371 g/mol. The lowest BCUT2D eigenvalue weighted by Crippen LogP contribution is -2.22. The van der Waals surface area contributed by atoms with Gasteiger partial charge in [-0.05, 0) is 66.1 Å². The molecule has 1 aliphatic carbocycles. The molecule has 2 aromatic carbocycles. The van der Waals surface area contributed by atoms with E-state index >= 15 is 0 Å². The van der Waals surface area contributed by atoms with E-state index in [4.69, 9.17) is 4.74 Å². The molecule has 1 heterocycles. The zero-order chi connectivity index (χ0) is 19.1.